The van der Waals surface area contributed by atoms with Crippen molar-refractivity contribution in [1.82, 2.24) is 4.90 Å². The van der Waals surface area contributed by atoms with E-state index in [2.05, 4.69) is 27.8 Å². The van der Waals surface area contributed by atoms with Gasteiger partial charge in [-0.15, -0.1) is 0 Å². The first kappa shape index (κ1) is 10.2. The van der Waals surface area contributed by atoms with Gasteiger partial charge in [0.25, 0.3) is 0 Å². The third-order valence-electron chi connectivity index (χ3n) is 2.59. The summed E-state index contributed by atoms with van der Waals surface area (Å²) in [6.07, 6.45) is 2.56. The summed E-state index contributed by atoms with van der Waals surface area (Å²) in [5.74, 6) is 0.130. The maximum atomic E-state index is 10.9. The molecule has 0 aromatic heterocycles. The lowest BCUT2D eigenvalue weighted by molar-refractivity contribution is -0.113. The molecule has 0 aromatic rings. The molecule has 0 amide bonds. The summed E-state index contributed by atoms with van der Waals surface area (Å²) in [5, 5.41) is 0. The minimum absolute atomic E-state index is 0.126. The Balaban J connectivity index is 2.35. The molecular weight excluding hydrogens is 218 g/mol. The number of carbonyl (C=O) groups excluding carboxylic acids is 1. The monoisotopic (exact) mass is 233 g/mol. The fourth-order valence-corrected chi connectivity index (χ4v) is 1.83. The minimum Gasteiger partial charge on any atom is -0.300 e. The summed E-state index contributed by atoms with van der Waals surface area (Å²) in [6, 6.07) is 0.666. The lowest BCUT2D eigenvalue weighted by Crippen LogP contribution is -2.32. The molecule has 0 bridgehead atoms. The Morgan fingerprint density at radius 2 is 2.42 bits per heavy atom. The van der Waals surface area contributed by atoms with Crippen molar-refractivity contribution in [1.29, 1.82) is 0 Å². The number of rotatable bonds is 3. The number of hydrogen-bond acceptors (Lipinski definition) is 2. The molecule has 1 aliphatic heterocycles. The number of hydrogen-bond donors (Lipinski definition) is 0. The van der Waals surface area contributed by atoms with Crippen LogP contribution in [0.25, 0.3) is 0 Å². The van der Waals surface area contributed by atoms with Crippen molar-refractivity contribution in [2.45, 2.75) is 32.7 Å². The maximum absolute atomic E-state index is 10.9. The van der Waals surface area contributed by atoms with Crippen LogP contribution < -0.4 is 0 Å². The first-order chi connectivity index (χ1) is 5.61. The Kier molecular flexibility index (Phi) is 3.72. The molecule has 1 saturated heterocycles. The third-order valence-corrected chi connectivity index (χ3v) is 3.37. The van der Waals surface area contributed by atoms with Crippen LogP contribution >= 0.6 is 15.9 Å². The van der Waals surface area contributed by atoms with Crippen molar-refractivity contribution < 1.29 is 4.79 Å². The zero-order valence-corrected chi connectivity index (χ0v) is 9.30. The smallest absolute Gasteiger partial charge is 0.201 e. The molecule has 0 aliphatic carbocycles. The van der Waals surface area contributed by atoms with E-state index in [0.29, 0.717) is 6.04 Å². The van der Waals surface area contributed by atoms with Gasteiger partial charge in [-0.25, -0.2) is 0 Å². The standard InChI is InChI=1S/C9H16BrNO/c1-7(9(10)12)6-11-5-3-4-8(11)2/h7-8H,3-6H2,1-2H3. The molecule has 0 spiro atoms. The van der Waals surface area contributed by atoms with E-state index in [1.807, 2.05) is 6.92 Å². The second kappa shape index (κ2) is 4.38. The fourth-order valence-electron chi connectivity index (χ4n) is 1.69. The summed E-state index contributed by atoms with van der Waals surface area (Å²) in [5.41, 5.74) is 0. The first-order valence-electron chi connectivity index (χ1n) is 4.54. The summed E-state index contributed by atoms with van der Waals surface area (Å²) >= 11 is 3.00. The van der Waals surface area contributed by atoms with Gasteiger partial charge < -0.3 is 0 Å². The molecule has 70 valence electrons. The van der Waals surface area contributed by atoms with E-state index in [1.165, 1.54) is 12.8 Å². The van der Waals surface area contributed by atoms with Crippen LogP contribution in [-0.2, 0) is 4.79 Å². The van der Waals surface area contributed by atoms with Crippen molar-refractivity contribution in [3.63, 3.8) is 0 Å². The molecule has 0 saturated carbocycles. The van der Waals surface area contributed by atoms with Crippen molar-refractivity contribution >= 4 is 20.6 Å². The quantitative estimate of drug-likeness (QED) is 0.696. The average molecular weight is 234 g/mol. The highest BCUT2D eigenvalue weighted by atomic mass is 79.9. The Bertz CT molecular complexity index is 172. The van der Waals surface area contributed by atoms with Gasteiger partial charge in [0, 0.05) is 18.5 Å². The van der Waals surface area contributed by atoms with Crippen molar-refractivity contribution in [3.05, 3.63) is 0 Å². The van der Waals surface area contributed by atoms with Crippen LogP contribution in [0.4, 0.5) is 0 Å². The maximum Gasteiger partial charge on any atom is 0.201 e. The molecule has 0 radical (unpaired) electrons. The van der Waals surface area contributed by atoms with Gasteiger partial charge in [-0.3, -0.25) is 9.69 Å². The van der Waals surface area contributed by atoms with Crippen LogP contribution in [-0.4, -0.2) is 28.7 Å². The predicted octanol–water partition coefficient (Wildman–Crippen LogP) is 2.03. The highest BCUT2D eigenvalue weighted by Gasteiger charge is 2.23. The van der Waals surface area contributed by atoms with Gasteiger partial charge in [-0.2, -0.15) is 0 Å². The summed E-state index contributed by atoms with van der Waals surface area (Å²) in [4.78, 5) is 13.3. The Hall–Kier alpha value is 0.110. The second-order valence-electron chi connectivity index (χ2n) is 3.69. The van der Waals surface area contributed by atoms with E-state index >= 15 is 0 Å². The lowest BCUT2D eigenvalue weighted by Gasteiger charge is -2.22. The molecule has 0 aromatic carbocycles. The normalized spacial score (nSPS) is 27.4. The van der Waals surface area contributed by atoms with Crippen molar-refractivity contribution in [2.24, 2.45) is 5.92 Å². The third kappa shape index (κ3) is 2.56. The van der Waals surface area contributed by atoms with Gasteiger partial charge in [0.05, 0.1) is 0 Å². The van der Waals surface area contributed by atoms with Crippen LogP contribution in [0, 0.1) is 5.92 Å². The van der Waals surface area contributed by atoms with Crippen LogP contribution in [0.1, 0.15) is 26.7 Å². The van der Waals surface area contributed by atoms with Gasteiger partial charge in [0.1, 0.15) is 0 Å². The number of likely N-dealkylation sites (tertiary alicyclic amines) is 1. The Labute approximate surface area is 82.4 Å². The van der Waals surface area contributed by atoms with Gasteiger partial charge in [0.15, 0.2) is 0 Å². The van der Waals surface area contributed by atoms with Crippen molar-refractivity contribution in [2.75, 3.05) is 13.1 Å². The summed E-state index contributed by atoms with van der Waals surface area (Å²) in [7, 11) is 0. The molecule has 2 atom stereocenters. The van der Waals surface area contributed by atoms with Crippen molar-refractivity contribution in [3.8, 4) is 0 Å². The zero-order valence-electron chi connectivity index (χ0n) is 7.72. The molecule has 0 N–H and O–H groups in total. The van der Waals surface area contributed by atoms with E-state index in [4.69, 9.17) is 0 Å². The SMILES string of the molecule is CC(CN1CCCC1C)C(=O)Br. The lowest BCUT2D eigenvalue weighted by atomic mass is 10.2. The van der Waals surface area contributed by atoms with Crippen LogP contribution in [0.2, 0.25) is 0 Å². The first-order valence-corrected chi connectivity index (χ1v) is 5.34. The summed E-state index contributed by atoms with van der Waals surface area (Å²) < 4.78 is 0.126. The van der Waals surface area contributed by atoms with Gasteiger partial charge in [-0.1, -0.05) is 6.92 Å². The number of halogens is 1. The number of nitrogens with zero attached hydrogens (tertiary/aromatic N) is 1. The molecule has 2 nitrogen and oxygen atoms in total. The molecule has 1 fully saturated rings. The minimum atomic E-state index is 0.126. The number of carbonyl (C=O) groups is 1. The van der Waals surface area contributed by atoms with E-state index in [1.54, 1.807) is 0 Å². The zero-order chi connectivity index (χ0) is 9.14. The van der Waals surface area contributed by atoms with Crippen LogP contribution in [0.15, 0.2) is 0 Å². The van der Waals surface area contributed by atoms with Gasteiger partial charge >= 0.3 is 0 Å². The Morgan fingerprint density at radius 1 is 1.75 bits per heavy atom. The van der Waals surface area contributed by atoms with Gasteiger partial charge in [-0.05, 0) is 42.2 Å². The molecule has 3 heteroatoms. The molecule has 12 heavy (non-hydrogen) atoms. The second-order valence-corrected chi connectivity index (χ2v) is 4.47. The fraction of sp³-hybridized carbons (Fsp3) is 0.889. The highest BCUT2D eigenvalue weighted by Crippen LogP contribution is 2.18. The van der Waals surface area contributed by atoms with Crippen LogP contribution in [0.3, 0.4) is 0 Å². The molecule has 1 rings (SSSR count). The largest absolute Gasteiger partial charge is 0.300 e. The van der Waals surface area contributed by atoms with E-state index in [9.17, 15) is 4.79 Å². The van der Waals surface area contributed by atoms with E-state index < -0.39 is 0 Å². The van der Waals surface area contributed by atoms with E-state index in [0.717, 1.165) is 13.1 Å². The molecule has 1 heterocycles. The molecule has 2 unspecified atom stereocenters. The topological polar surface area (TPSA) is 20.3 Å². The molecule has 1 aliphatic rings. The van der Waals surface area contributed by atoms with Gasteiger partial charge in [0.2, 0.25) is 4.69 Å². The highest BCUT2D eigenvalue weighted by molar-refractivity contribution is 9.18. The Morgan fingerprint density at radius 3 is 2.83 bits per heavy atom. The average Bonchev–Trinajstić information content (AvgIpc) is 2.36. The van der Waals surface area contributed by atoms with Crippen LogP contribution in [0.5, 0.6) is 0 Å². The molecular formula is C9H16BrNO. The van der Waals surface area contributed by atoms with E-state index in [-0.39, 0.29) is 10.6 Å². The predicted molar refractivity (Wildman–Crippen MR) is 53.4 cm³/mol. The summed E-state index contributed by atoms with van der Waals surface area (Å²) in [6.45, 7) is 6.28.